The van der Waals surface area contributed by atoms with Crippen molar-refractivity contribution in [2.75, 3.05) is 26.3 Å². The molecule has 1 aromatic heterocycles. The minimum atomic E-state index is 0.296. The summed E-state index contributed by atoms with van der Waals surface area (Å²) in [6.07, 6.45) is 0. The fourth-order valence-corrected chi connectivity index (χ4v) is 4.45. The van der Waals surface area contributed by atoms with E-state index in [1.807, 2.05) is 10.7 Å². The summed E-state index contributed by atoms with van der Waals surface area (Å²) >= 11 is 0. The molecule has 1 saturated heterocycles. The molecule has 0 bridgehead atoms. The van der Waals surface area contributed by atoms with Crippen LogP contribution in [0.5, 0.6) is 0 Å². The third-order valence-corrected chi connectivity index (χ3v) is 6.10. The lowest BCUT2D eigenvalue weighted by molar-refractivity contribution is 0.00854. The van der Waals surface area contributed by atoms with Gasteiger partial charge in [-0.1, -0.05) is 48.5 Å². The normalized spacial score (nSPS) is 17.0. The monoisotopic (exact) mass is 404 g/mol. The molecule has 5 heteroatoms. The molecule has 0 saturated carbocycles. The van der Waals surface area contributed by atoms with Gasteiger partial charge in [0.15, 0.2) is 0 Å². The molecule has 0 spiro atoms. The van der Waals surface area contributed by atoms with Crippen LogP contribution in [0.1, 0.15) is 35.5 Å². The number of hydrogen-bond donors (Lipinski definition) is 1. The van der Waals surface area contributed by atoms with Crippen molar-refractivity contribution >= 4 is 0 Å². The SMILES string of the molecule is Cc1nn(-c2ccccc2)c(C)c1CNC(C)C(c1ccccc1)N1CCOCC1. The molecule has 1 aliphatic heterocycles. The van der Waals surface area contributed by atoms with Crippen molar-refractivity contribution in [1.29, 1.82) is 0 Å². The summed E-state index contributed by atoms with van der Waals surface area (Å²) in [5.41, 5.74) is 6.01. The van der Waals surface area contributed by atoms with Crippen LogP contribution < -0.4 is 5.32 Å². The van der Waals surface area contributed by atoms with Crippen molar-refractivity contribution in [2.45, 2.75) is 39.4 Å². The van der Waals surface area contributed by atoms with Crippen LogP contribution in [0.15, 0.2) is 60.7 Å². The number of aryl methyl sites for hydroxylation is 1. The Bertz CT molecular complexity index is 933. The molecule has 0 amide bonds. The number of benzene rings is 2. The highest BCUT2D eigenvalue weighted by atomic mass is 16.5. The van der Waals surface area contributed by atoms with Gasteiger partial charge in [-0.3, -0.25) is 4.90 Å². The maximum absolute atomic E-state index is 5.60. The van der Waals surface area contributed by atoms with Gasteiger partial charge in [-0.05, 0) is 38.5 Å². The van der Waals surface area contributed by atoms with E-state index in [1.54, 1.807) is 0 Å². The molecule has 2 unspecified atom stereocenters. The molecule has 30 heavy (non-hydrogen) atoms. The summed E-state index contributed by atoms with van der Waals surface area (Å²) in [5, 5.41) is 8.61. The van der Waals surface area contributed by atoms with Crippen LogP contribution in [-0.2, 0) is 11.3 Å². The van der Waals surface area contributed by atoms with Crippen molar-refractivity contribution < 1.29 is 4.74 Å². The van der Waals surface area contributed by atoms with Gasteiger partial charge >= 0.3 is 0 Å². The van der Waals surface area contributed by atoms with Crippen LogP contribution in [0.2, 0.25) is 0 Å². The zero-order valence-corrected chi connectivity index (χ0v) is 18.2. The molecule has 1 N–H and O–H groups in total. The van der Waals surface area contributed by atoms with Gasteiger partial charge in [-0.2, -0.15) is 5.10 Å². The number of hydrogen-bond acceptors (Lipinski definition) is 4. The van der Waals surface area contributed by atoms with Gasteiger partial charge in [-0.25, -0.2) is 4.68 Å². The molecule has 0 aliphatic carbocycles. The number of aromatic nitrogens is 2. The lowest BCUT2D eigenvalue weighted by Gasteiger charge is -2.38. The Labute approximate surface area is 179 Å². The number of rotatable bonds is 7. The molecule has 2 heterocycles. The van der Waals surface area contributed by atoms with Crippen LogP contribution in [0.4, 0.5) is 0 Å². The molecule has 0 radical (unpaired) electrons. The second-order valence-electron chi connectivity index (χ2n) is 8.07. The molecule has 1 aliphatic rings. The van der Waals surface area contributed by atoms with Crippen LogP contribution in [0.25, 0.3) is 5.69 Å². The van der Waals surface area contributed by atoms with E-state index in [2.05, 4.69) is 85.6 Å². The maximum atomic E-state index is 5.60. The average molecular weight is 405 g/mol. The summed E-state index contributed by atoms with van der Waals surface area (Å²) in [4.78, 5) is 2.55. The van der Waals surface area contributed by atoms with E-state index in [0.717, 1.165) is 44.2 Å². The highest BCUT2D eigenvalue weighted by Crippen LogP contribution is 2.26. The van der Waals surface area contributed by atoms with Gasteiger partial charge in [0.25, 0.3) is 0 Å². The Kier molecular flexibility index (Phi) is 6.62. The van der Waals surface area contributed by atoms with E-state index < -0.39 is 0 Å². The lowest BCUT2D eigenvalue weighted by Crippen LogP contribution is -2.46. The molecular weight excluding hydrogens is 372 g/mol. The van der Waals surface area contributed by atoms with Crippen molar-refractivity contribution in [2.24, 2.45) is 0 Å². The van der Waals surface area contributed by atoms with E-state index in [-0.39, 0.29) is 0 Å². The van der Waals surface area contributed by atoms with E-state index in [1.165, 1.54) is 16.8 Å². The predicted octanol–water partition coefficient (Wildman–Crippen LogP) is 4.04. The number of ether oxygens (including phenoxy) is 1. The van der Waals surface area contributed by atoms with Crippen molar-refractivity contribution in [3.8, 4) is 5.69 Å². The third kappa shape index (κ3) is 4.48. The quantitative estimate of drug-likeness (QED) is 0.645. The Morgan fingerprint density at radius 1 is 0.967 bits per heavy atom. The number of nitrogens with zero attached hydrogens (tertiary/aromatic N) is 3. The Morgan fingerprint density at radius 3 is 2.27 bits per heavy atom. The highest BCUT2D eigenvalue weighted by Gasteiger charge is 2.27. The van der Waals surface area contributed by atoms with Crippen LogP contribution in [0.3, 0.4) is 0 Å². The largest absolute Gasteiger partial charge is 0.379 e. The predicted molar refractivity (Wildman–Crippen MR) is 121 cm³/mol. The topological polar surface area (TPSA) is 42.3 Å². The summed E-state index contributed by atoms with van der Waals surface area (Å²) in [6.45, 7) is 10.9. The maximum Gasteiger partial charge on any atom is 0.0648 e. The lowest BCUT2D eigenvalue weighted by atomic mass is 9.97. The third-order valence-electron chi connectivity index (χ3n) is 6.10. The summed E-state index contributed by atoms with van der Waals surface area (Å²) in [6, 6.07) is 21.8. The zero-order valence-electron chi connectivity index (χ0n) is 18.2. The first-order valence-corrected chi connectivity index (χ1v) is 10.9. The molecule has 5 nitrogen and oxygen atoms in total. The first kappa shape index (κ1) is 20.8. The molecule has 2 aromatic carbocycles. The molecule has 2 atom stereocenters. The average Bonchev–Trinajstić information content (AvgIpc) is 3.08. The van der Waals surface area contributed by atoms with Gasteiger partial charge in [0, 0.05) is 36.9 Å². The van der Waals surface area contributed by atoms with E-state index in [0.29, 0.717) is 12.1 Å². The number of para-hydroxylation sites is 1. The highest BCUT2D eigenvalue weighted by molar-refractivity contribution is 5.37. The minimum Gasteiger partial charge on any atom is -0.379 e. The van der Waals surface area contributed by atoms with Crippen LogP contribution in [0, 0.1) is 13.8 Å². The van der Waals surface area contributed by atoms with Crippen LogP contribution in [-0.4, -0.2) is 47.0 Å². The van der Waals surface area contributed by atoms with Crippen LogP contribution >= 0.6 is 0 Å². The van der Waals surface area contributed by atoms with Gasteiger partial charge in [-0.15, -0.1) is 0 Å². The fraction of sp³-hybridized carbons (Fsp3) is 0.400. The summed E-state index contributed by atoms with van der Waals surface area (Å²) in [7, 11) is 0. The Balaban J connectivity index is 1.52. The smallest absolute Gasteiger partial charge is 0.0648 e. The molecular formula is C25H32N4O. The zero-order chi connectivity index (χ0) is 20.9. The van der Waals surface area contributed by atoms with E-state index in [9.17, 15) is 0 Å². The number of nitrogens with one attached hydrogen (secondary N) is 1. The standard InChI is InChI=1S/C25H32N4O/c1-19-24(21(3)29(27-19)23-12-8-5-9-13-23)18-26-20(2)25(22-10-6-4-7-11-22)28-14-16-30-17-15-28/h4-13,20,25-26H,14-18H2,1-3H3. The summed E-state index contributed by atoms with van der Waals surface area (Å²) < 4.78 is 7.65. The van der Waals surface area contributed by atoms with E-state index in [4.69, 9.17) is 9.84 Å². The van der Waals surface area contributed by atoms with Gasteiger partial charge in [0.05, 0.1) is 30.6 Å². The van der Waals surface area contributed by atoms with Crippen molar-refractivity contribution in [3.05, 3.63) is 83.2 Å². The van der Waals surface area contributed by atoms with Gasteiger partial charge in [0.1, 0.15) is 0 Å². The first-order valence-electron chi connectivity index (χ1n) is 10.9. The Morgan fingerprint density at radius 2 is 1.60 bits per heavy atom. The molecule has 158 valence electrons. The first-order chi connectivity index (χ1) is 14.6. The molecule has 3 aromatic rings. The second kappa shape index (κ2) is 9.56. The van der Waals surface area contributed by atoms with E-state index >= 15 is 0 Å². The fourth-order valence-electron chi connectivity index (χ4n) is 4.45. The number of morpholine rings is 1. The van der Waals surface area contributed by atoms with Gasteiger partial charge < -0.3 is 10.1 Å². The molecule has 1 fully saturated rings. The van der Waals surface area contributed by atoms with Gasteiger partial charge in [0.2, 0.25) is 0 Å². The van der Waals surface area contributed by atoms with Crippen molar-refractivity contribution in [1.82, 2.24) is 20.0 Å². The Hall–Kier alpha value is -2.47. The van der Waals surface area contributed by atoms with Crippen molar-refractivity contribution in [3.63, 3.8) is 0 Å². The second-order valence-corrected chi connectivity index (χ2v) is 8.07. The molecule has 4 rings (SSSR count). The minimum absolute atomic E-state index is 0.296. The summed E-state index contributed by atoms with van der Waals surface area (Å²) in [5.74, 6) is 0.